The third-order valence-corrected chi connectivity index (χ3v) is 4.63. The molecule has 0 fully saturated rings. The topological polar surface area (TPSA) is 65.4 Å². The van der Waals surface area contributed by atoms with Gasteiger partial charge < -0.3 is 9.30 Å². The lowest BCUT2D eigenvalue weighted by Crippen LogP contribution is -2.22. The molecule has 1 aromatic heterocycles. The molecule has 134 valence electrons. The van der Waals surface area contributed by atoms with Gasteiger partial charge in [-0.25, -0.2) is 4.79 Å². The number of benzene rings is 2. The summed E-state index contributed by atoms with van der Waals surface area (Å²) in [6, 6.07) is 16.2. The lowest BCUT2D eigenvalue weighted by atomic mass is 9.85. The molecule has 0 radical (unpaired) electrons. The number of esters is 1. The Balaban J connectivity index is 1.90. The number of aromatic nitrogens is 1. The van der Waals surface area contributed by atoms with Crippen LogP contribution in [0.2, 0.25) is 0 Å². The molecular formula is C22H17NO4. The van der Waals surface area contributed by atoms with E-state index in [0.717, 1.165) is 5.56 Å². The number of fused-ring (bicyclic) bond motifs is 2. The number of ketones is 2. The van der Waals surface area contributed by atoms with Gasteiger partial charge in [-0.3, -0.25) is 9.59 Å². The molecule has 0 saturated heterocycles. The van der Waals surface area contributed by atoms with Crippen molar-refractivity contribution in [3.05, 3.63) is 94.3 Å². The average Bonchev–Trinajstić information content (AvgIpc) is 3.07. The van der Waals surface area contributed by atoms with Crippen molar-refractivity contribution in [1.82, 2.24) is 4.57 Å². The lowest BCUT2D eigenvalue weighted by molar-refractivity contribution is 0.0511. The fraction of sp³-hybridized carbons (Fsp3) is 0.136. The Morgan fingerprint density at radius 3 is 2.19 bits per heavy atom. The average molecular weight is 359 g/mol. The van der Waals surface area contributed by atoms with Crippen LogP contribution in [0, 0.1) is 0 Å². The highest BCUT2D eigenvalue weighted by Gasteiger charge is 2.36. The highest BCUT2D eigenvalue weighted by molar-refractivity contribution is 6.30. The van der Waals surface area contributed by atoms with Crippen LogP contribution >= 0.6 is 0 Å². The third kappa shape index (κ3) is 2.77. The second-order valence-electron chi connectivity index (χ2n) is 6.30. The van der Waals surface area contributed by atoms with E-state index in [2.05, 4.69) is 0 Å². The molecule has 0 spiro atoms. The molecule has 5 nitrogen and oxygen atoms in total. The Hall–Kier alpha value is -3.47. The van der Waals surface area contributed by atoms with E-state index in [1.807, 2.05) is 30.3 Å². The molecule has 2 aromatic carbocycles. The van der Waals surface area contributed by atoms with Crippen molar-refractivity contribution < 1.29 is 19.1 Å². The second-order valence-corrected chi connectivity index (χ2v) is 6.30. The summed E-state index contributed by atoms with van der Waals surface area (Å²) in [5.41, 5.74) is 2.14. The van der Waals surface area contributed by atoms with Crippen LogP contribution in [-0.4, -0.2) is 28.7 Å². The number of nitrogens with zero attached hydrogens (tertiary/aromatic N) is 1. The van der Waals surface area contributed by atoms with Gasteiger partial charge >= 0.3 is 5.97 Å². The van der Waals surface area contributed by atoms with Gasteiger partial charge in [0.2, 0.25) is 0 Å². The molecule has 0 bridgehead atoms. The van der Waals surface area contributed by atoms with Crippen molar-refractivity contribution >= 4 is 17.5 Å². The first-order valence-electron chi connectivity index (χ1n) is 8.74. The zero-order valence-corrected chi connectivity index (χ0v) is 14.8. The molecule has 0 amide bonds. The van der Waals surface area contributed by atoms with Gasteiger partial charge in [-0.1, -0.05) is 54.6 Å². The lowest BCUT2D eigenvalue weighted by Gasteiger charge is -2.15. The molecule has 27 heavy (non-hydrogen) atoms. The summed E-state index contributed by atoms with van der Waals surface area (Å²) in [6.45, 7) is 2.25. The minimum absolute atomic E-state index is 0.128. The highest BCUT2D eigenvalue weighted by atomic mass is 16.5. The van der Waals surface area contributed by atoms with Gasteiger partial charge in [0.1, 0.15) is 5.69 Å². The number of hydrogen-bond acceptors (Lipinski definition) is 4. The number of carbonyl (C=O) groups is 3. The largest absolute Gasteiger partial charge is 0.461 e. The van der Waals surface area contributed by atoms with E-state index in [4.69, 9.17) is 4.74 Å². The van der Waals surface area contributed by atoms with E-state index < -0.39 is 5.97 Å². The zero-order chi connectivity index (χ0) is 19.0. The molecule has 0 atom stereocenters. The third-order valence-electron chi connectivity index (χ3n) is 4.63. The Bertz CT molecular complexity index is 1060. The number of rotatable bonds is 4. The van der Waals surface area contributed by atoms with Crippen LogP contribution in [0.1, 0.15) is 54.8 Å². The predicted octanol–water partition coefficient (Wildman–Crippen LogP) is 3.49. The van der Waals surface area contributed by atoms with Crippen LogP contribution in [0.15, 0.2) is 60.8 Å². The molecule has 4 rings (SSSR count). The SMILES string of the molecule is CCOC(=O)c1c2c(cn1Cc1ccccc1)C(=O)c1ccccc1C2=O. The molecule has 1 aliphatic carbocycles. The number of hydrogen-bond donors (Lipinski definition) is 0. The van der Waals surface area contributed by atoms with Crippen molar-refractivity contribution in [3.63, 3.8) is 0 Å². The Morgan fingerprint density at radius 2 is 1.52 bits per heavy atom. The van der Waals surface area contributed by atoms with Crippen molar-refractivity contribution in [3.8, 4) is 0 Å². The summed E-state index contributed by atoms with van der Waals surface area (Å²) in [5, 5.41) is 0. The highest BCUT2D eigenvalue weighted by Crippen LogP contribution is 2.31. The van der Waals surface area contributed by atoms with Crippen LogP contribution in [0.4, 0.5) is 0 Å². The smallest absolute Gasteiger partial charge is 0.355 e. The summed E-state index contributed by atoms with van der Waals surface area (Å²) in [4.78, 5) is 38.7. The van der Waals surface area contributed by atoms with Crippen LogP contribution in [0.5, 0.6) is 0 Å². The summed E-state index contributed by atoms with van der Waals surface area (Å²) in [6.07, 6.45) is 1.59. The van der Waals surface area contributed by atoms with Crippen LogP contribution < -0.4 is 0 Å². The monoisotopic (exact) mass is 359 g/mol. The Morgan fingerprint density at radius 1 is 0.889 bits per heavy atom. The summed E-state index contributed by atoms with van der Waals surface area (Å²) in [7, 11) is 0. The Kier molecular flexibility index (Phi) is 4.20. The van der Waals surface area contributed by atoms with Gasteiger partial charge in [-0.05, 0) is 12.5 Å². The van der Waals surface area contributed by atoms with E-state index >= 15 is 0 Å². The van der Waals surface area contributed by atoms with Crippen molar-refractivity contribution in [2.75, 3.05) is 6.61 Å². The molecule has 1 heterocycles. The normalized spacial score (nSPS) is 12.5. The van der Waals surface area contributed by atoms with Crippen molar-refractivity contribution in [2.24, 2.45) is 0 Å². The minimum Gasteiger partial charge on any atom is -0.461 e. The molecule has 0 unspecified atom stereocenters. The summed E-state index contributed by atoms with van der Waals surface area (Å²) >= 11 is 0. The van der Waals surface area contributed by atoms with Gasteiger partial charge in [0.25, 0.3) is 0 Å². The second kappa shape index (κ2) is 6.68. The van der Waals surface area contributed by atoms with E-state index in [1.54, 1.807) is 42.0 Å². The fourth-order valence-corrected chi connectivity index (χ4v) is 3.44. The van der Waals surface area contributed by atoms with Crippen LogP contribution in [0.25, 0.3) is 0 Å². The number of ether oxygens (including phenoxy) is 1. The van der Waals surface area contributed by atoms with Gasteiger partial charge in [-0.2, -0.15) is 0 Å². The summed E-state index contributed by atoms with van der Waals surface area (Å²) in [5.74, 6) is -1.18. The maximum atomic E-state index is 13.1. The predicted molar refractivity (Wildman–Crippen MR) is 99.2 cm³/mol. The molecular weight excluding hydrogens is 342 g/mol. The Labute approximate surface area is 156 Å². The first kappa shape index (κ1) is 17.0. The van der Waals surface area contributed by atoms with Crippen LogP contribution in [-0.2, 0) is 11.3 Å². The molecule has 0 N–H and O–H groups in total. The molecule has 0 saturated carbocycles. The minimum atomic E-state index is -0.602. The molecule has 0 aliphatic heterocycles. The maximum Gasteiger partial charge on any atom is 0.355 e. The van der Waals surface area contributed by atoms with Gasteiger partial charge in [-0.15, -0.1) is 0 Å². The van der Waals surface area contributed by atoms with Crippen LogP contribution in [0.3, 0.4) is 0 Å². The summed E-state index contributed by atoms with van der Waals surface area (Å²) < 4.78 is 6.82. The van der Waals surface area contributed by atoms with Crippen molar-refractivity contribution in [1.29, 1.82) is 0 Å². The molecule has 5 heteroatoms. The molecule has 3 aromatic rings. The quantitative estimate of drug-likeness (QED) is 0.523. The van der Waals surface area contributed by atoms with Gasteiger partial charge in [0, 0.05) is 23.9 Å². The van der Waals surface area contributed by atoms with E-state index in [1.165, 1.54) is 0 Å². The van der Waals surface area contributed by atoms with E-state index in [-0.39, 0.29) is 35.0 Å². The zero-order valence-electron chi connectivity index (χ0n) is 14.8. The van der Waals surface area contributed by atoms with Gasteiger partial charge in [0.05, 0.1) is 17.7 Å². The van der Waals surface area contributed by atoms with E-state index in [9.17, 15) is 14.4 Å². The number of carbonyl (C=O) groups excluding carboxylic acids is 3. The van der Waals surface area contributed by atoms with E-state index in [0.29, 0.717) is 17.7 Å². The maximum absolute atomic E-state index is 13.1. The first-order valence-corrected chi connectivity index (χ1v) is 8.74. The standard InChI is InChI=1S/C22H17NO4/c1-2-27-22(26)19-18-17(13-23(19)12-14-8-4-3-5-9-14)20(24)15-10-6-7-11-16(15)21(18)25/h3-11,13H,2,12H2,1H3. The van der Waals surface area contributed by atoms with Crippen molar-refractivity contribution in [2.45, 2.75) is 13.5 Å². The molecule has 1 aliphatic rings. The van der Waals surface area contributed by atoms with Gasteiger partial charge in [0.15, 0.2) is 11.6 Å². The first-order chi connectivity index (χ1) is 13.1. The fourth-order valence-electron chi connectivity index (χ4n) is 3.44.